The zero-order valence-electron chi connectivity index (χ0n) is 11.0. The van der Waals surface area contributed by atoms with E-state index in [0.29, 0.717) is 18.7 Å². The van der Waals surface area contributed by atoms with Crippen LogP contribution >= 0.6 is 27.5 Å². The van der Waals surface area contributed by atoms with Gasteiger partial charge >= 0.3 is 0 Å². The van der Waals surface area contributed by atoms with Gasteiger partial charge in [-0.25, -0.2) is 4.98 Å². The summed E-state index contributed by atoms with van der Waals surface area (Å²) in [6.45, 7) is 1.06. The summed E-state index contributed by atoms with van der Waals surface area (Å²) < 4.78 is 6.62. The Balaban J connectivity index is 1.77. The maximum atomic E-state index is 12.1. The number of halogens is 2. The Kier molecular flexibility index (Phi) is 4.12. The van der Waals surface area contributed by atoms with Gasteiger partial charge < -0.3 is 10.1 Å². The number of carbonyl (C=O) groups excluding carboxylic acids is 1. The van der Waals surface area contributed by atoms with Gasteiger partial charge in [-0.2, -0.15) is 0 Å². The topological polar surface area (TPSA) is 51.2 Å². The maximum Gasteiger partial charge on any atom is 0.254 e. The molecule has 1 amide bonds. The fourth-order valence-electron chi connectivity index (χ4n) is 2.30. The van der Waals surface area contributed by atoms with E-state index >= 15 is 0 Å². The third kappa shape index (κ3) is 3.04. The molecular formula is C15H12BrClN2O2. The number of hydrogen-bond acceptors (Lipinski definition) is 3. The molecule has 0 atom stereocenters. The summed E-state index contributed by atoms with van der Waals surface area (Å²) in [6.07, 6.45) is 2.44. The first-order valence-electron chi connectivity index (χ1n) is 6.48. The van der Waals surface area contributed by atoms with Gasteiger partial charge in [0.15, 0.2) is 0 Å². The molecule has 108 valence electrons. The zero-order valence-corrected chi connectivity index (χ0v) is 13.4. The summed E-state index contributed by atoms with van der Waals surface area (Å²) in [5, 5.41) is 3.05. The van der Waals surface area contributed by atoms with Crippen molar-refractivity contribution in [2.75, 3.05) is 6.61 Å². The number of carbonyl (C=O) groups is 1. The molecule has 0 saturated carbocycles. The molecule has 3 rings (SSSR count). The van der Waals surface area contributed by atoms with Gasteiger partial charge in [-0.05, 0) is 29.8 Å². The highest BCUT2D eigenvalue weighted by atomic mass is 79.9. The Morgan fingerprint density at radius 1 is 1.48 bits per heavy atom. The average molecular weight is 368 g/mol. The minimum absolute atomic E-state index is 0.200. The van der Waals surface area contributed by atoms with Gasteiger partial charge in [0.05, 0.1) is 12.2 Å². The Labute approximate surface area is 135 Å². The van der Waals surface area contributed by atoms with Gasteiger partial charge in [0, 0.05) is 29.2 Å². The lowest BCUT2D eigenvalue weighted by molar-refractivity contribution is 0.0950. The SMILES string of the molecule is O=C(NCc1cc(Br)cc2c1OCC2)c1cccnc1Cl. The van der Waals surface area contributed by atoms with Gasteiger partial charge in [0.1, 0.15) is 10.9 Å². The standard InChI is InChI=1S/C15H12BrClN2O2/c16-11-6-9-3-5-21-13(9)10(7-11)8-19-15(20)12-2-1-4-18-14(12)17/h1-2,4,6-7H,3,5,8H2,(H,19,20). The monoisotopic (exact) mass is 366 g/mol. The molecule has 2 heterocycles. The van der Waals surface area contributed by atoms with Crippen molar-refractivity contribution in [3.63, 3.8) is 0 Å². The number of amides is 1. The molecule has 4 nitrogen and oxygen atoms in total. The van der Waals surface area contributed by atoms with E-state index in [1.807, 2.05) is 12.1 Å². The first kappa shape index (κ1) is 14.4. The smallest absolute Gasteiger partial charge is 0.254 e. The van der Waals surface area contributed by atoms with Crippen LogP contribution in [0.25, 0.3) is 0 Å². The van der Waals surface area contributed by atoms with Crippen LogP contribution in [0.2, 0.25) is 5.15 Å². The highest BCUT2D eigenvalue weighted by molar-refractivity contribution is 9.10. The van der Waals surface area contributed by atoms with E-state index in [4.69, 9.17) is 16.3 Å². The van der Waals surface area contributed by atoms with Crippen LogP contribution in [-0.4, -0.2) is 17.5 Å². The van der Waals surface area contributed by atoms with E-state index in [1.165, 1.54) is 0 Å². The number of benzene rings is 1. The third-order valence-electron chi connectivity index (χ3n) is 3.27. The second-order valence-corrected chi connectivity index (χ2v) is 5.95. The molecule has 0 fully saturated rings. The lowest BCUT2D eigenvalue weighted by Gasteiger charge is -2.11. The number of hydrogen-bond donors (Lipinski definition) is 1. The first-order chi connectivity index (χ1) is 10.1. The van der Waals surface area contributed by atoms with Gasteiger partial charge in [0.2, 0.25) is 0 Å². The molecule has 1 aromatic heterocycles. The van der Waals surface area contributed by atoms with Crippen LogP contribution in [0.5, 0.6) is 5.75 Å². The summed E-state index contributed by atoms with van der Waals surface area (Å²) >= 11 is 9.40. The molecule has 0 spiro atoms. The Morgan fingerprint density at radius 2 is 2.33 bits per heavy atom. The zero-order chi connectivity index (χ0) is 14.8. The molecule has 0 aliphatic carbocycles. The van der Waals surface area contributed by atoms with Crippen molar-refractivity contribution in [1.82, 2.24) is 10.3 Å². The summed E-state index contributed by atoms with van der Waals surface area (Å²) in [7, 11) is 0. The van der Waals surface area contributed by atoms with Crippen molar-refractivity contribution >= 4 is 33.4 Å². The molecular weight excluding hydrogens is 356 g/mol. The Bertz CT molecular complexity index is 706. The summed E-state index contributed by atoms with van der Waals surface area (Å²) in [5.41, 5.74) is 2.48. The largest absolute Gasteiger partial charge is 0.493 e. The van der Waals surface area contributed by atoms with Crippen LogP contribution in [0.4, 0.5) is 0 Å². The number of fused-ring (bicyclic) bond motifs is 1. The number of aromatic nitrogens is 1. The number of nitrogens with one attached hydrogen (secondary N) is 1. The molecule has 1 aromatic carbocycles. The normalized spacial score (nSPS) is 12.7. The van der Waals surface area contributed by atoms with Crippen LogP contribution in [0.15, 0.2) is 34.9 Å². The van der Waals surface area contributed by atoms with Crippen LogP contribution in [0, 0.1) is 0 Å². The summed E-state index contributed by atoms with van der Waals surface area (Å²) in [6, 6.07) is 7.33. The minimum Gasteiger partial charge on any atom is -0.493 e. The summed E-state index contributed by atoms with van der Waals surface area (Å²) in [5.74, 6) is 0.621. The molecule has 21 heavy (non-hydrogen) atoms. The fraction of sp³-hybridized carbons (Fsp3) is 0.200. The molecule has 0 bridgehead atoms. The number of ether oxygens (including phenoxy) is 1. The van der Waals surface area contributed by atoms with Crippen molar-refractivity contribution in [1.29, 1.82) is 0 Å². The third-order valence-corrected chi connectivity index (χ3v) is 4.03. The fourth-order valence-corrected chi connectivity index (χ4v) is 3.06. The van der Waals surface area contributed by atoms with Crippen LogP contribution in [0.1, 0.15) is 21.5 Å². The predicted octanol–water partition coefficient (Wildman–Crippen LogP) is 3.36. The lowest BCUT2D eigenvalue weighted by atomic mass is 10.1. The molecule has 1 aliphatic heterocycles. The molecule has 1 N–H and O–H groups in total. The van der Waals surface area contributed by atoms with Gasteiger partial charge in [-0.3, -0.25) is 4.79 Å². The summed E-state index contributed by atoms with van der Waals surface area (Å²) in [4.78, 5) is 16.0. The van der Waals surface area contributed by atoms with E-state index in [-0.39, 0.29) is 11.1 Å². The van der Waals surface area contributed by atoms with Crippen LogP contribution in [0.3, 0.4) is 0 Å². The van der Waals surface area contributed by atoms with E-state index in [9.17, 15) is 4.79 Å². The molecule has 2 aromatic rings. The molecule has 1 aliphatic rings. The highest BCUT2D eigenvalue weighted by Gasteiger charge is 2.18. The van der Waals surface area contributed by atoms with Crippen molar-refractivity contribution in [3.05, 3.63) is 56.8 Å². The second-order valence-electron chi connectivity index (χ2n) is 4.68. The Hall–Kier alpha value is -1.59. The van der Waals surface area contributed by atoms with E-state index < -0.39 is 0 Å². The van der Waals surface area contributed by atoms with Crippen LogP contribution < -0.4 is 10.1 Å². The number of rotatable bonds is 3. The van der Waals surface area contributed by atoms with Crippen LogP contribution in [-0.2, 0) is 13.0 Å². The Morgan fingerprint density at radius 3 is 3.14 bits per heavy atom. The molecule has 6 heteroatoms. The van der Waals surface area contributed by atoms with E-state index in [0.717, 1.165) is 27.8 Å². The minimum atomic E-state index is -0.250. The van der Waals surface area contributed by atoms with Crippen molar-refractivity contribution in [2.24, 2.45) is 0 Å². The first-order valence-corrected chi connectivity index (χ1v) is 7.65. The maximum absolute atomic E-state index is 12.1. The van der Waals surface area contributed by atoms with Gasteiger partial charge in [-0.15, -0.1) is 0 Å². The van der Waals surface area contributed by atoms with Gasteiger partial charge in [-0.1, -0.05) is 27.5 Å². The quantitative estimate of drug-likeness (QED) is 0.846. The highest BCUT2D eigenvalue weighted by Crippen LogP contribution is 2.32. The van der Waals surface area contributed by atoms with E-state index in [2.05, 4.69) is 26.2 Å². The number of pyridine rings is 1. The average Bonchev–Trinajstić information content (AvgIpc) is 2.93. The second kappa shape index (κ2) is 6.03. The van der Waals surface area contributed by atoms with Crippen molar-refractivity contribution in [3.8, 4) is 5.75 Å². The molecule has 0 unspecified atom stereocenters. The molecule has 0 radical (unpaired) electrons. The van der Waals surface area contributed by atoms with Crippen molar-refractivity contribution in [2.45, 2.75) is 13.0 Å². The lowest BCUT2D eigenvalue weighted by Crippen LogP contribution is -2.23. The van der Waals surface area contributed by atoms with E-state index in [1.54, 1.807) is 18.3 Å². The number of nitrogens with zero attached hydrogens (tertiary/aromatic N) is 1. The molecule has 0 saturated heterocycles. The van der Waals surface area contributed by atoms with Gasteiger partial charge in [0.25, 0.3) is 5.91 Å². The predicted molar refractivity (Wildman–Crippen MR) is 83.8 cm³/mol. The van der Waals surface area contributed by atoms with Crippen molar-refractivity contribution < 1.29 is 9.53 Å².